The molecule has 2 unspecified atom stereocenters. The summed E-state index contributed by atoms with van der Waals surface area (Å²) in [5, 5.41) is 4.72. The summed E-state index contributed by atoms with van der Waals surface area (Å²) in [5.74, 6) is 0. The third-order valence-electron chi connectivity index (χ3n) is 3.66. The Morgan fingerprint density at radius 1 is 1.24 bits per heavy atom. The van der Waals surface area contributed by atoms with Crippen LogP contribution in [0, 0.1) is 6.92 Å². The van der Waals surface area contributed by atoms with Crippen LogP contribution in [0.5, 0.6) is 0 Å². The maximum atomic E-state index is 4.83. The number of anilines is 1. The van der Waals surface area contributed by atoms with E-state index in [1.807, 2.05) is 11.3 Å². The summed E-state index contributed by atoms with van der Waals surface area (Å²) in [6.07, 6.45) is 1.16. The second kappa shape index (κ2) is 8.71. The van der Waals surface area contributed by atoms with Gasteiger partial charge in [0, 0.05) is 30.1 Å². The predicted molar refractivity (Wildman–Crippen MR) is 94.6 cm³/mol. The number of aromatic nitrogens is 1. The van der Waals surface area contributed by atoms with Crippen LogP contribution in [0.3, 0.4) is 0 Å². The molecule has 1 N–H and O–H groups in total. The standard InChI is InChI=1S/C16H32N4S/c1-8-10-17-13(4)15-14(5)18-16(21-15)20(9-2)12(3)11-19(6)7/h12-13,17H,8-11H2,1-7H3. The van der Waals surface area contributed by atoms with Crippen molar-refractivity contribution in [3.63, 3.8) is 0 Å². The summed E-state index contributed by atoms with van der Waals surface area (Å²) in [6, 6.07) is 0.862. The van der Waals surface area contributed by atoms with Crippen LogP contribution in [0.15, 0.2) is 0 Å². The molecule has 0 amide bonds. The zero-order valence-corrected chi connectivity index (χ0v) is 15.5. The fourth-order valence-electron chi connectivity index (χ4n) is 2.63. The Morgan fingerprint density at radius 3 is 2.43 bits per heavy atom. The molecule has 5 heteroatoms. The van der Waals surface area contributed by atoms with Gasteiger partial charge in [-0.2, -0.15) is 0 Å². The highest BCUT2D eigenvalue weighted by molar-refractivity contribution is 7.15. The third-order valence-corrected chi connectivity index (χ3v) is 5.04. The lowest BCUT2D eigenvalue weighted by atomic mass is 10.2. The predicted octanol–water partition coefficient (Wildman–Crippen LogP) is 3.29. The minimum Gasteiger partial charge on any atom is -0.344 e. The average molecular weight is 313 g/mol. The first-order chi connectivity index (χ1) is 9.90. The highest BCUT2D eigenvalue weighted by Gasteiger charge is 2.20. The Hall–Kier alpha value is -0.650. The van der Waals surface area contributed by atoms with Gasteiger partial charge >= 0.3 is 0 Å². The van der Waals surface area contributed by atoms with Gasteiger partial charge in [0.1, 0.15) is 0 Å². The lowest BCUT2D eigenvalue weighted by Gasteiger charge is -2.29. The molecule has 21 heavy (non-hydrogen) atoms. The van der Waals surface area contributed by atoms with E-state index in [0.717, 1.165) is 31.2 Å². The molecule has 0 aliphatic rings. The van der Waals surface area contributed by atoms with Gasteiger partial charge in [0.05, 0.1) is 5.69 Å². The number of nitrogens with zero attached hydrogens (tertiary/aromatic N) is 3. The molecule has 0 aliphatic heterocycles. The van der Waals surface area contributed by atoms with Crippen molar-refractivity contribution in [2.75, 3.05) is 38.6 Å². The van der Waals surface area contributed by atoms with E-state index in [4.69, 9.17) is 4.98 Å². The molecular formula is C16H32N4S. The van der Waals surface area contributed by atoms with Gasteiger partial charge in [-0.15, -0.1) is 11.3 Å². The van der Waals surface area contributed by atoms with E-state index in [2.05, 4.69) is 63.8 Å². The monoisotopic (exact) mass is 312 g/mol. The van der Waals surface area contributed by atoms with Crippen molar-refractivity contribution in [3.05, 3.63) is 10.6 Å². The molecule has 0 radical (unpaired) electrons. The topological polar surface area (TPSA) is 31.4 Å². The van der Waals surface area contributed by atoms with Gasteiger partial charge in [-0.05, 0) is 54.8 Å². The maximum Gasteiger partial charge on any atom is 0.186 e. The number of hydrogen-bond donors (Lipinski definition) is 1. The highest BCUT2D eigenvalue weighted by Crippen LogP contribution is 2.31. The summed E-state index contributed by atoms with van der Waals surface area (Å²) in [6.45, 7) is 14.2. The molecule has 0 saturated carbocycles. The van der Waals surface area contributed by atoms with Crippen LogP contribution in [0.25, 0.3) is 0 Å². The number of rotatable bonds is 9. The molecule has 122 valence electrons. The van der Waals surface area contributed by atoms with Crippen molar-refractivity contribution in [1.82, 2.24) is 15.2 Å². The molecule has 0 bridgehead atoms. The lowest BCUT2D eigenvalue weighted by molar-refractivity contribution is 0.373. The van der Waals surface area contributed by atoms with Crippen LogP contribution < -0.4 is 10.2 Å². The van der Waals surface area contributed by atoms with Crippen LogP contribution >= 0.6 is 11.3 Å². The third kappa shape index (κ3) is 5.24. The van der Waals surface area contributed by atoms with E-state index in [1.165, 1.54) is 10.6 Å². The molecule has 4 nitrogen and oxygen atoms in total. The van der Waals surface area contributed by atoms with Crippen LogP contribution in [-0.2, 0) is 0 Å². The van der Waals surface area contributed by atoms with Crippen molar-refractivity contribution in [3.8, 4) is 0 Å². The Kier molecular flexibility index (Phi) is 7.63. The van der Waals surface area contributed by atoms with Crippen molar-refractivity contribution in [1.29, 1.82) is 0 Å². The normalized spacial score (nSPS) is 14.5. The minimum absolute atomic E-state index is 0.388. The Bertz CT molecular complexity index is 416. The van der Waals surface area contributed by atoms with E-state index in [9.17, 15) is 0 Å². The zero-order chi connectivity index (χ0) is 16.0. The van der Waals surface area contributed by atoms with E-state index in [0.29, 0.717) is 12.1 Å². The molecule has 1 aromatic rings. The summed E-state index contributed by atoms with van der Waals surface area (Å²) >= 11 is 1.84. The molecule has 1 rings (SSSR count). The average Bonchev–Trinajstić information content (AvgIpc) is 2.77. The molecule has 0 fully saturated rings. The quantitative estimate of drug-likeness (QED) is 0.758. The second-order valence-electron chi connectivity index (χ2n) is 6.02. The number of likely N-dealkylation sites (N-methyl/N-ethyl adjacent to an activating group) is 2. The van der Waals surface area contributed by atoms with Crippen molar-refractivity contribution < 1.29 is 0 Å². The molecule has 1 heterocycles. The lowest BCUT2D eigenvalue weighted by Crippen LogP contribution is -2.40. The molecule has 1 aromatic heterocycles. The van der Waals surface area contributed by atoms with Crippen LogP contribution in [0.4, 0.5) is 5.13 Å². The van der Waals surface area contributed by atoms with Gasteiger partial charge < -0.3 is 15.1 Å². The molecule has 0 saturated heterocycles. The summed E-state index contributed by atoms with van der Waals surface area (Å²) < 4.78 is 0. The number of nitrogens with one attached hydrogen (secondary N) is 1. The van der Waals surface area contributed by atoms with Crippen molar-refractivity contribution in [2.45, 2.75) is 53.1 Å². The van der Waals surface area contributed by atoms with E-state index in [1.54, 1.807) is 0 Å². The van der Waals surface area contributed by atoms with Gasteiger partial charge in [0.15, 0.2) is 5.13 Å². The largest absolute Gasteiger partial charge is 0.344 e. The molecular weight excluding hydrogens is 280 g/mol. The van der Waals surface area contributed by atoms with Gasteiger partial charge in [-0.1, -0.05) is 6.92 Å². The Labute approximate surface area is 134 Å². The summed E-state index contributed by atoms with van der Waals surface area (Å²) in [5.41, 5.74) is 1.17. The summed E-state index contributed by atoms with van der Waals surface area (Å²) in [4.78, 5) is 10.8. The van der Waals surface area contributed by atoms with Crippen molar-refractivity contribution >= 4 is 16.5 Å². The molecule has 2 atom stereocenters. The van der Waals surface area contributed by atoms with Crippen molar-refractivity contribution in [2.24, 2.45) is 0 Å². The van der Waals surface area contributed by atoms with Gasteiger partial charge in [0.25, 0.3) is 0 Å². The Morgan fingerprint density at radius 2 is 1.90 bits per heavy atom. The summed E-state index contributed by atoms with van der Waals surface area (Å²) in [7, 11) is 4.25. The highest BCUT2D eigenvalue weighted by atomic mass is 32.1. The SMILES string of the molecule is CCCNC(C)c1sc(N(CC)C(C)CN(C)C)nc1C. The molecule has 0 aliphatic carbocycles. The minimum atomic E-state index is 0.388. The number of aryl methyl sites for hydroxylation is 1. The second-order valence-corrected chi connectivity index (χ2v) is 7.03. The first-order valence-corrected chi connectivity index (χ1v) is 8.84. The van der Waals surface area contributed by atoms with Gasteiger partial charge in [-0.25, -0.2) is 4.98 Å². The zero-order valence-electron chi connectivity index (χ0n) is 14.7. The van der Waals surface area contributed by atoms with Gasteiger partial charge in [-0.3, -0.25) is 0 Å². The van der Waals surface area contributed by atoms with E-state index < -0.39 is 0 Å². The smallest absolute Gasteiger partial charge is 0.186 e. The fraction of sp³-hybridized carbons (Fsp3) is 0.812. The Balaban J connectivity index is 2.87. The maximum absolute atomic E-state index is 4.83. The fourth-order valence-corrected chi connectivity index (χ4v) is 3.89. The van der Waals surface area contributed by atoms with E-state index in [-0.39, 0.29) is 0 Å². The van der Waals surface area contributed by atoms with Crippen LogP contribution in [0.1, 0.15) is 50.7 Å². The van der Waals surface area contributed by atoms with E-state index >= 15 is 0 Å². The molecule has 0 spiro atoms. The number of thiazole rings is 1. The van der Waals surface area contributed by atoms with Gasteiger partial charge in [0.2, 0.25) is 0 Å². The molecule has 0 aromatic carbocycles. The van der Waals surface area contributed by atoms with Crippen LogP contribution in [0.2, 0.25) is 0 Å². The number of hydrogen-bond acceptors (Lipinski definition) is 5. The van der Waals surface area contributed by atoms with Crippen LogP contribution in [-0.4, -0.2) is 49.7 Å². The first kappa shape index (κ1) is 18.4. The first-order valence-electron chi connectivity index (χ1n) is 8.02.